The maximum Gasteiger partial charge on any atom is 0.396 e. The number of nitrogens with zero attached hydrogens (tertiary/aromatic N) is 1. The molecule has 0 aliphatic carbocycles. The molecule has 0 atom stereocenters. The van der Waals surface area contributed by atoms with E-state index >= 15 is 0 Å². The molecule has 1 heterocycles. The van der Waals surface area contributed by atoms with Crippen molar-refractivity contribution in [2.75, 3.05) is 0 Å². The minimum absolute atomic E-state index is 0. The number of aromatic nitrogens is 1. The van der Waals surface area contributed by atoms with Crippen LogP contribution in [0.2, 0.25) is 0 Å². The number of rotatable bonds is 3. The second-order valence-electron chi connectivity index (χ2n) is 3.58. The van der Waals surface area contributed by atoms with E-state index in [0.29, 0.717) is 0 Å². The molecule has 96 valence electrons. The Morgan fingerprint density at radius 3 is 2.11 bits per heavy atom. The Balaban J connectivity index is 0.00000162. The lowest BCUT2D eigenvalue weighted by molar-refractivity contribution is -0.856. The highest BCUT2D eigenvalue weighted by Crippen LogP contribution is 2.09. The molecule has 2 rings (SSSR count). The Hall–Kier alpha value is -1.59. The van der Waals surface area contributed by atoms with Crippen LogP contribution in [0.15, 0.2) is 59.8 Å². The van der Waals surface area contributed by atoms with Crippen molar-refractivity contribution in [2.45, 2.75) is 11.8 Å². The first-order valence-corrected chi connectivity index (χ1v) is 6.47. The summed E-state index contributed by atoms with van der Waals surface area (Å²) in [5.74, 6) is 0. The molecule has 0 aliphatic heterocycles. The van der Waals surface area contributed by atoms with Crippen LogP contribution < -0.4 is 21.4 Å². The predicted octanol–water partition coefficient (Wildman–Crippen LogP) is -1.90. The average Bonchev–Trinajstić information content (AvgIpc) is 2.30. The fourth-order valence-electron chi connectivity index (χ4n) is 1.29. The van der Waals surface area contributed by atoms with Crippen LogP contribution in [-0.4, -0.2) is 8.42 Å². The van der Waals surface area contributed by atoms with Crippen LogP contribution in [0, 0.1) is 6.92 Å². The Labute approximate surface area is 112 Å². The van der Waals surface area contributed by atoms with E-state index in [1.807, 2.05) is 6.92 Å². The molecule has 4 nitrogen and oxygen atoms in total. The molecule has 0 unspecified atom stereocenters. The minimum Gasteiger partial charge on any atom is -1.00 e. The largest absolute Gasteiger partial charge is 1.00 e. The molecule has 0 amide bonds. The summed E-state index contributed by atoms with van der Waals surface area (Å²) >= 11 is 0. The van der Waals surface area contributed by atoms with Gasteiger partial charge in [-0.2, -0.15) is 8.42 Å². The molecule has 0 N–H and O–H groups in total. The van der Waals surface area contributed by atoms with Crippen molar-refractivity contribution in [3.05, 3.63) is 60.4 Å². The van der Waals surface area contributed by atoms with E-state index in [4.69, 9.17) is 4.28 Å². The van der Waals surface area contributed by atoms with Gasteiger partial charge in [0.05, 0.1) is 0 Å². The van der Waals surface area contributed by atoms with E-state index in [0.717, 1.165) is 10.3 Å². The molecule has 0 aliphatic rings. The Bertz CT molecular complexity index is 597. The van der Waals surface area contributed by atoms with Crippen molar-refractivity contribution in [2.24, 2.45) is 0 Å². The van der Waals surface area contributed by atoms with Gasteiger partial charge in [0.15, 0.2) is 0 Å². The third-order valence-corrected chi connectivity index (χ3v) is 3.40. The van der Waals surface area contributed by atoms with Gasteiger partial charge in [0.2, 0.25) is 12.4 Å². The van der Waals surface area contributed by atoms with Crippen LogP contribution in [0.4, 0.5) is 0 Å². The SMILES string of the molecule is Cc1ccc(S(=O)(=O)O[n+]2ccccc2)cc1.[Cl-]. The van der Waals surface area contributed by atoms with Gasteiger partial charge in [-0.3, -0.25) is 0 Å². The van der Waals surface area contributed by atoms with E-state index in [-0.39, 0.29) is 17.3 Å². The van der Waals surface area contributed by atoms with Crippen molar-refractivity contribution in [3.63, 3.8) is 0 Å². The third-order valence-electron chi connectivity index (χ3n) is 2.18. The highest BCUT2D eigenvalue weighted by atomic mass is 35.5. The van der Waals surface area contributed by atoms with E-state index < -0.39 is 10.1 Å². The molecule has 0 radical (unpaired) electrons. The van der Waals surface area contributed by atoms with Crippen LogP contribution in [0.3, 0.4) is 0 Å². The fraction of sp³-hybridized carbons (Fsp3) is 0.0833. The zero-order chi connectivity index (χ0) is 12.3. The highest BCUT2D eigenvalue weighted by molar-refractivity contribution is 7.86. The molecular formula is C12H12ClNO3S. The van der Waals surface area contributed by atoms with Gasteiger partial charge in [-0.25, -0.2) is 0 Å². The monoisotopic (exact) mass is 285 g/mol. The number of pyridine rings is 1. The zero-order valence-electron chi connectivity index (χ0n) is 9.65. The minimum atomic E-state index is -3.77. The molecule has 0 saturated carbocycles. The summed E-state index contributed by atoms with van der Waals surface area (Å²) in [5, 5.41) is 0. The molecule has 2 aromatic rings. The summed E-state index contributed by atoms with van der Waals surface area (Å²) in [7, 11) is -3.77. The first-order chi connectivity index (χ1) is 8.08. The molecule has 18 heavy (non-hydrogen) atoms. The summed E-state index contributed by atoms with van der Waals surface area (Å²) in [5.41, 5.74) is 0.997. The van der Waals surface area contributed by atoms with Crippen molar-refractivity contribution in [1.82, 2.24) is 0 Å². The lowest BCUT2D eigenvalue weighted by atomic mass is 10.2. The maximum atomic E-state index is 11.9. The van der Waals surface area contributed by atoms with Crippen LogP contribution in [0.1, 0.15) is 5.56 Å². The molecule has 1 aromatic carbocycles. The summed E-state index contributed by atoms with van der Waals surface area (Å²) in [6, 6.07) is 11.6. The lowest BCUT2D eigenvalue weighted by Gasteiger charge is -2.00. The van der Waals surface area contributed by atoms with Gasteiger partial charge in [-0.1, -0.05) is 23.8 Å². The van der Waals surface area contributed by atoms with Gasteiger partial charge < -0.3 is 12.4 Å². The van der Waals surface area contributed by atoms with E-state index in [9.17, 15) is 8.42 Å². The maximum absolute atomic E-state index is 11.9. The smallest absolute Gasteiger partial charge is 0.396 e. The van der Waals surface area contributed by atoms with E-state index in [2.05, 4.69) is 0 Å². The Kier molecular flexibility index (Phi) is 4.69. The Morgan fingerprint density at radius 1 is 1.00 bits per heavy atom. The molecule has 0 bridgehead atoms. The molecular weight excluding hydrogens is 274 g/mol. The van der Waals surface area contributed by atoms with Crippen LogP contribution in [-0.2, 0) is 10.1 Å². The topological polar surface area (TPSA) is 47.3 Å². The summed E-state index contributed by atoms with van der Waals surface area (Å²) in [6.45, 7) is 1.89. The zero-order valence-corrected chi connectivity index (χ0v) is 11.2. The molecule has 0 fully saturated rings. The first-order valence-electron chi connectivity index (χ1n) is 5.06. The number of hydrogen-bond acceptors (Lipinski definition) is 3. The van der Waals surface area contributed by atoms with Gasteiger partial charge in [0.25, 0.3) is 0 Å². The summed E-state index contributed by atoms with van der Waals surface area (Å²) < 4.78 is 29.8. The summed E-state index contributed by atoms with van der Waals surface area (Å²) in [4.78, 5) is 0.138. The molecule has 0 saturated heterocycles. The normalized spacial score (nSPS) is 10.5. The van der Waals surface area contributed by atoms with Crippen molar-refractivity contribution < 1.29 is 29.8 Å². The number of aryl methyl sites for hydroxylation is 1. The van der Waals surface area contributed by atoms with Gasteiger partial charge in [0, 0.05) is 16.9 Å². The lowest BCUT2D eigenvalue weighted by Crippen LogP contribution is -3.00. The molecule has 0 spiro atoms. The predicted molar refractivity (Wildman–Crippen MR) is 61.6 cm³/mol. The van der Waals surface area contributed by atoms with Gasteiger partial charge in [-0.15, -0.1) is 4.28 Å². The average molecular weight is 286 g/mol. The van der Waals surface area contributed by atoms with E-state index in [1.165, 1.54) is 24.5 Å². The van der Waals surface area contributed by atoms with Crippen LogP contribution in [0.25, 0.3) is 0 Å². The molecule has 6 heteroatoms. The fourth-order valence-corrected chi connectivity index (χ4v) is 2.18. The standard InChI is InChI=1S/C12H12NO3S.ClH/c1-11-5-7-12(8-6-11)17(14,15)16-13-9-3-2-4-10-13;/h2-10H,1H3;1H/q+1;/p-1. The summed E-state index contributed by atoms with van der Waals surface area (Å²) in [6.07, 6.45) is 3.04. The highest BCUT2D eigenvalue weighted by Gasteiger charge is 2.21. The second kappa shape index (κ2) is 5.84. The second-order valence-corrected chi connectivity index (χ2v) is 5.11. The van der Waals surface area contributed by atoms with Crippen molar-refractivity contribution >= 4 is 10.1 Å². The first kappa shape index (κ1) is 14.5. The number of halogens is 1. The van der Waals surface area contributed by atoms with E-state index in [1.54, 1.807) is 30.3 Å². The van der Waals surface area contributed by atoms with Crippen molar-refractivity contribution in [3.8, 4) is 0 Å². The van der Waals surface area contributed by atoms with Crippen LogP contribution >= 0.6 is 0 Å². The number of benzene rings is 1. The quantitative estimate of drug-likeness (QED) is 0.619. The van der Waals surface area contributed by atoms with Gasteiger partial charge >= 0.3 is 10.1 Å². The van der Waals surface area contributed by atoms with Crippen molar-refractivity contribution in [1.29, 1.82) is 0 Å². The van der Waals surface area contributed by atoms with Crippen LogP contribution in [0.5, 0.6) is 0 Å². The van der Waals surface area contributed by atoms with Gasteiger partial charge in [-0.05, 0) is 19.1 Å². The van der Waals surface area contributed by atoms with Gasteiger partial charge in [0.1, 0.15) is 4.90 Å². The molecule has 1 aromatic heterocycles. The number of hydrogen-bond donors (Lipinski definition) is 0. The Morgan fingerprint density at radius 2 is 1.56 bits per heavy atom. The third kappa shape index (κ3) is 3.45.